The fraction of sp³-hybridized carbons (Fsp3) is 0.550. The van der Waals surface area contributed by atoms with E-state index in [9.17, 15) is 4.79 Å². The molecule has 0 amide bonds. The van der Waals surface area contributed by atoms with E-state index in [1.54, 1.807) is 0 Å². The Morgan fingerprint density at radius 3 is 2.56 bits per heavy atom. The molecule has 1 aliphatic rings. The van der Waals surface area contributed by atoms with E-state index in [1.807, 2.05) is 0 Å². The van der Waals surface area contributed by atoms with Crippen LogP contribution < -0.4 is 0 Å². The van der Waals surface area contributed by atoms with Gasteiger partial charge in [-0.1, -0.05) is 60.5 Å². The van der Waals surface area contributed by atoms with Crippen LogP contribution >= 0.6 is 15.9 Å². The molecule has 0 heterocycles. The third-order valence-corrected chi connectivity index (χ3v) is 10.4. The molecule has 0 bridgehead atoms. The lowest BCUT2D eigenvalue weighted by Crippen LogP contribution is -2.49. The number of hydrogen-bond donors (Lipinski definition) is 0. The first-order valence-corrected chi connectivity index (χ1v) is 12.0. The van der Waals surface area contributed by atoms with E-state index in [-0.39, 0.29) is 10.6 Å². The van der Waals surface area contributed by atoms with Crippen molar-refractivity contribution in [1.82, 2.24) is 0 Å². The van der Waals surface area contributed by atoms with E-state index in [0.29, 0.717) is 6.42 Å². The maximum Gasteiger partial charge on any atom is 0.347 e. The Hall–Kier alpha value is -1.27. The summed E-state index contributed by atoms with van der Waals surface area (Å²) in [6.45, 7) is 11.2. The Labute approximate surface area is 161 Å². The largest absolute Gasteiger partial charge is 0.465 e. The predicted octanol–water partition coefficient (Wildman–Crippen LogP) is 4.95. The summed E-state index contributed by atoms with van der Waals surface area (Å²) < 4.78 is 12.4. The second-order valence-corrected chi connectivity index (χ2v) is 13.2. The van der Waals surface area contributed by atoms with Gasteiger partial charge in [0.2, 0.25) is 0 Å². The van der Waals surface area contributed by atoms with Gasteiger partial charge in [-0.05, 0) is 31.0 Å². The molecule has 5 heteroatoms. The summed E-state index contributed by atoms with van der Waals surface area (Å²) in [6, 6.07) is 0. The fourth-order valence-electron chi connectivity index (χ4n) is 2.27. The van der Waals surface area contributed by atoms with Gasteiger partial charge in [0, 0.05) is 17.0 Å². The molecule has 136 valence electrons. The van der Waals surface area contributed by atoms with Crippen LogP contribution in [-0.2, 0) is 14.0 Å². The fourth-order valence-corrected chi connectivity index (χ4v) is 4.64. The van der Waals surface area contributed by atoms with Gasteiger partial charge in [0.1, 0.15) is 5.57 Å². The molecule has 0 spiro atoms. The number of carbonyl (C=O) groups is 1. The molecule has 1 atom stereocenters. The molecule has 0 saturated carbocycles. The van der Waals surface area contributed by atoms with Crippen LogP contribution in [0.15, 0.2) is 22.2 Å². The van der Waals surface area contributed by atoms with E-state index in [4.69, 9.17) is 10.8 Å². The Morgan fingerprint density at radius 1 is 1.48 bits per heavy atom. The van der Waals surface area contributed by atoms with Crippen molar-refractivity contribution in [2.45, 2.75) is 63.8 Å². The van der Waals surface area contributed by atoms with Crippen LogP contribution in [0.3, 0.4) is 0 Å². The molecule has 1 aliphatic carbocycles. The molecular weight excluding hydrogens is 396 g/mol. The number of methoxy groups -OCH3 is 1. The molecule has 0 N–H and O–H groups in total. The molecular formula is C20H27BrO3Si. The van der Waals surface area contributed by atoms with Gasteiger partial charge in [0.05, 0.1) is 12.7 Å². The van der Waals surface area contributed by atoms with Crippen molar-refractivity contribution in [2.75, 3.05) is 7.11 Å². The van der Waals surface area contributed by atoms with Crippen LogP contribution in [0, 0.1) is 24.2 Å². The highest BCUT2D eigenvalue weighted by molar-refractivity contribution is 9.11. The summed E-state index contributed by atoms with van der Waals surface area (Å²) in [5.41, 5.74) is -0.291. The molecule has 25 heavy (non-hydrogen) atoms. The summed E-state index contributed by atoms with van der Waals surface area (Å²) in [4.78, 5) is 11.5. The van der Waals surface area contributed by atoms with E-state index in [0.717, 1.165) is 17.3 Å². The van der Waals surface area contributed by atoms with Crippen molar-refractivity contribution in [2.24, 2.45) is 0 Å². The van der Waals surface area contributed by atoms with Crippen molar-refractivity contribution < 1.29 is 14.0 Å². The van der Waals surface area contributed by atoms with Gasteiger partial charge in [-0.25, -0.2) is 4.79 Å². The van der Waals surface area contributed by atoms with E-state index in [2.05, 4.69) is 78.4 Å². The SMILES string of the molecule is C#C/C(=C\C#CCC1(O[Si](C)(C)C(C)(C)C)CCC=C1Br)C(=O)OC. The molecule has 1 rings (SSSR count). The monoisotopic (exact) mass is 422 g/mol. The molecule has 0 aromatic rings. The van der Waals surface area contributed by atoms with Gasteiger partial charge in [0.25, 0.3) is 0 Å². The van der Waals surface area contributed by atoms with E-state index in [1.165, 1.54) is 13.2 Å². The van der Waals surface area contributed by atoms with Gasteiger partial charge in [-0.3, -0.25) is 0 Å². The first-order chi connectivity index (χ1) is 11.5. The van der Waals surface area contributed by atoms with Gasteiger partial charge >= 0.3 is 5.97 Å². The standard InChI is InChI=1S/C20H27BrO3Si/c1-8-16(18(22)23-5)12-9-10-14-20(15-11-13-17(20)21)24-25(6,7)19(2,3)4/h1,12-13H,11,14-15H2,2-7H3/b16-12+. The van der Waals surface area contributed by atoms with Gasteiger partial charge in [0.15, 0.2) is 8.32 Å². The molecule has 0 fully saturated rings. The van der Waals surface area contributed by atoms with Gasteiger partial charge < -0.3 is 9.16 Å². The number of rotatable bonds is 4. The van der Waals surface area contributed by atoms with Gasteiger partial charge in [-0.15, -0.1) is 6.42 Å². The van der Waals surface area contributed by atoms with E-state index < -0.39 is 19.9 Å². The summed E-state index contributed by atoms with van der Waals surface area (Å²) in [5.74, 6) is 7.74. The minimum Gasteiger partial charge on any atom is -0.465 e. The van der Waals surface area contributed by atoms with Gasteiger partial charge in [-0.2, -0.15) is 0 Å². The zero-order chi connectivity index (χ0) is 19.3. The second-order valence-electron chi connectivity index (χ2n) is 7.64. The predicted molar refractivity (Wildman–Crippen MR) is 109 cm³/mol. The number of ether oxygens (including phenoxy) is 1. The highest BCUT2D eigenvalue weighted by atomic mass is 79.9. The maximum atomic E-state index is 11.5. The molecule has 0 radical (unpaired) electrons. The number of halogens is 1. The highest BCUT2D eigenvalue weighted by Gasteiger charge is 2.47. The smallest absolute Gasteiger partial charge is 0.347 e. The van der Waals surface area contributed by atoms with Crippen molar-refractivity contribution >= 4 is 30.2 Å². The lowest BCUT2D eigenvalue weighted by Gasteiger charge is -2.44. The number of esters is 1. The van der Waals surface area contributed by atoms with E-state index >= 15 is 0 Å². The Bertz CT molecular complexity index is 680. The van der Waals surface area contributed by atoms with Crippen molar-refractivity contribution in [3.8, 4) is 24.2 Å². The first kappa shape index (κ1) is 21.8. The maximum absolute atomic E-state index is 11.5. The topological polar surface area (TPSA) is 35.5 Å². The highest BCUT2D eigenvalue weighted by Crippen LogP contribution is 2.47. The summed E-state index contributed by atoms with van der Waals surface area (Å²) >= 11 is 3.68. The Kier molecular flexibility index (Phi) is 7.32. The van der Waals surface area contributed by atoms with Crippen LogP contribution in [0.1, 0.15) is 40.0 Å². The average molecular weight is 423 g/mol. The van der Waals surface area contributed by atoms with Crippen LogP contribution in [0.25, 0.3) is 0 Å². The summed E-state index contributed by atoms with van der Waals surface area (Å²) in [6.07, 6.45) is 11.3. The summed E-state index contributed by atoms with van der Waals surface area (Å²) in [5, 5.41) is 0.116. The first-order valence-electron chi connectivity index (χ1n) is 8.29. The molecule has 0 aromatic heterocycles. The number of allylic oxidation sites excluding steroid dienone is 2. The number of hydrogen-bond acceptors (Lipinski definition) is 3. The number of terminal acetylenes is 1. The average Bonchev–Trinajstić information content (AvgIpc) is 2.86. The Morgan fingerprint density at radius 2 is 2.12 bits per heavy atom. The lowest BCUT2D eigenvalue weighted by atomic mass is 10.00. The lowest BCUT2D eigenvalue weighted by molar-refractivity contribution is -0.135. The number of carbonyl (C=O) groups excluding carboxylic acids is 1. The minimum absolute atomic E-state index is 0.116. The molecule has 0 aromatic carbocycles. The van der Waals surface area contributed by atoms with Crippen molar-refractivity contribution in [3.63, 3.8) is 0 Å². The quantitative estimate of drug-likeness (QED) is 0.278. The van der Waals surface area contributed by atoms with Crippen LogP contribution in [0.2, 0.25) is 18.1 Å². The zero-order valence-corrected chi connectivity index (χ0v) is 18.5. The van der Waals surface area contributed by atoms with Crippen LogP contribution in [0.5, 0.6) is 0 Å². The van der Waals surface area contributed by atoms with Crippen LogP contribution in [0.4, 0.5) is 0 Å². The van der Waals surface area contributed by atoms with Crippen molar-refractivity contribution in [1.29, 1.82) is 0 Å². The molecule has 3 nitrogen and oxygen atoms in total. The zero-order valence-electron chi connectivity index (χ0n) is 16.0. The summed E-state index contributed by atoms with van der Waals surface area (Å²) in [7, 11) is -0.662. The normalized spacial score (nSPS) is 21.0. The molecule has 1 unspecified atom stereocenters. The second kappa shape index (κ2) is 8.41. The molecule has 0 aliphatic heterocycles. The van der Waals surface area contributed by atoms with Crippen LogP contribution in [-0.4, -0.2) is 27.0 Å². The van der Waals surface area contributed by atoms with Crippen molar-refractivity contribution in [3.05, 3.63) is 22.2 Å². The minimum atomic E-state index is -1.96. The molecule has 0 saturated heterocycles. The third kappa shape index (κ3) is 5.35. The Balaban J connectivity index is 3.04. The third-order valence-electron chi connectivity index (χ3n) is 4.82.